The highest BCUT2D eigenvalue weighted by Gasteiger charge is 2.06. The van der Waals surface area contributed by atoms with Crippen molar-refractivity contribution < 1.29 is 9.90 Å². The van der Waals surface area contributed by atoms with Gasteiger partial charge in [0.15, 0.2) is 0 Å². The molecule has 0 amide bonds. The van der Waals surface area contributed by atoms with Crippen molar-refractivity contribution in [1.29, 1.82) is 0 Å². The molecule has 0 saturated carbocycles. The van der Waals surface area contributed by atoms with Crippen LogP contribution in [0.3, 0.4) is 0 Å². The summed E-state index contributed by atoms with van der Waals surface area (Å²) < 4.78 is 0. The Hall–Kier alpha value is -2.39. The number of carboxylic acids is 1. The first kappa shape index (κ1) is 12.6. The van der Waals surface area contributed by atoms with Crippen LogP contribution in [0.5, 0.6) is 0 Å². The first-order chi connectivity index (χ1) is 9.74. The fraction of sp³-hybridized carbons (Fsp3) is 0. The summed E-state index contributed by atoms with van der Waals surface area (Å²) in [5, 5.41) is 8.90. The van der Waals surface area contributed by atoms with Crippen LogP contribution in [-0.4, -0.2) is 11.1 Å². The SMILES string of the molecule is O=C(O)c1ccc(-c2ccc(-c3ccccc3)s2)cc1. The van der Waals surface area contributed by atoms with Crippen molar-refractivity contribution in [2.24, 2.45) is 0 Å². The van der Waals surface area contributed by atoms with Gasteiger partial charge in [0.05, 0.1) is 5.56 Å². The standard InChI is InChI=1S/C17H12O2S/c18-17(19)14-8-6-13(7-9-14)16-11-10-15(20-16)12-4-2-1-3-5-12/h1-11H,(H,18,19). The maximum absolute atomic E-state index is 10.8. The molecule has 0 bridgehead atoms. The summed E-state index contributed by atoms with van der Waals surface area (Å²) in [4.78, 5) is 13.2. The number of carboxylic acid groups (broad SMARTS) is 1. The molecule has 2 aromatic carbocycles. The Labute approximate surface area is 121 Å². The molecule has 98 valence electrons. The molecule has 0 aliphatic carbocycles. The van der Waals surface area contributed by atoms with Crippen molar-refractivity contribution in [3.63, 3.8) is 0 Å². The summed E-state index contributed by atoms with van der Waals surface area (Å²) in [5.41, 5.74) is 2.56. The minimum absolute atomic E-state index is 0.314. The molecule has 0 saturated heterocycles. The molecule has 2 nitrogen and oxygen atoms in total. The average molecular weight is 280 g/mol. The van der Waals surface area contributed by atoms with E-state index in [0.717, 1.165) is 10.4 Å². The third-order valence-electron chi connectivity index (χ3n) is 3.08. The van der Waals surface area contributed by atoms with Gasteiger partial charge in [0.1, 0.15) is 0 Å². The highest BCUT2D eigenvalue weighted by atomic mass is 32.1. The Morgan fingerprint density at radius 3 is 1.85 bits per heavy atom. The number of thiophene rings is 1. The quantitative estimate of drug-likeness (QED) is 0.749. The van der Waals surface area contributed by atoms with Crippen LogP contribution in [0, 0.1) is 0 Å². The molecule has 0 aliphatic heterocycles. The van der Waals surface area contributed by atoms with E-state index in [-0.39, 0.29) is 0 Å². The lowest BCUT2D eigenvalue weighted by Gasteiger charge is -1.99. The predicted octanol–water partition coefficient (Wildman–Crippen LogP) is 4.78. The number of benzene rings is 2. The van der Waals surface area contributed by atoms with Crippen molar-refractivity contribution in [3.8, 4) is 20.9 Å². The molecular weight excluding hydrogens is 268 g/mol. The van der Waals surface area contributed by atoms with Gasteiger partial charge in [0.2, 0.25) is 0 Å². The van der Waals surface area contributed by atoms with Crippen molar-refractivity contribution in [2.75, 3.05) is 0 Å². The lowest BCUT2D eigenvalue weighted by atomic mass is 10.1. The molecule has 0 fully saturated rings. The summed E-state index contributed by atoms with van der Waals surface area (Å²) >= 11 is 1.71. The van der Waals surface area contributed by atoms with Gasteiger partial charge in [-0.15, -0.1) is 11.3 Å². The zero-order valence-corrected chi connectivity index (χ0v) is 11.4. The number of rotatable bonds is 3. The number of hydrogen-bond acceptors (Lipinski definition) is 2. The van der Waals surface area contributed by atoms with Crippen molar-refractivity contribution in [2.45, 2.75) is 0 Å². The van der Waals surface area contributed by atoms with Crippen LogP contribution in [-0.2, 0) is 0 Å². The summed E-state index contributed by atoms with van der Waals surface area (Å²) in [6.45, 7) is 0. The molecule has 0 spiro atoms. The van der Waals surface area contributed by atoms with Gasteiger partial charge >= 0.3 is 5.97 Å². The van der Waals surface area contributed by atoms with E-state index < -0.39 is 5.97 Å². The highest BCUT2D eigenvalue weighted by molar-refractivity contribution is 7.18. The van der Waals surface area contributed by atoms with Crippen LogP contribution >= 0.6 is 11.3 Å². The minimum atomic E-state index is -0.896. The molecule has 1 N–H and O–H groups in total. The van der Waals surface area contributed by atoms with Gasteiger partial charge in [-0.1, -0.05) is 42.5 Å². The number of aromatic carboxylic acids is 1. The van der Waals surface area contributed by atoms with E-state index in [1.54, 1.807) is 23.5 Å². The summed E-state index contributed by atoms with van der Waals surface area (Å²) in [6, 6.07) is 21.4. The normalized spacial score (nSPS) is 10.4. The smallest absolute Gasteiger partial charge is 0.335 e. The summed E-state index contributed by atoms with van der Waals surface area (Å²) in [6.07, 6.45) is 0. The van der Waals surface area contributed by atoms with Gasteiger partial charge in [-0.2, -0.15) is 0 Å². The van der Waals surface area contributed by atoms with E-state index >= 15 is 0 Å². The monoisotopic (exact) mass is 280 g/mol. The third kappa shape index (κ3) is 2.49. The third-order valence-corrected chi connectivity index (χ3v) is 4.26. The second kappa shape index (κ2) is 5.31. The Balaban J connectivity index is 1.92. The molecule has 1 aromatic heterocycles. The molecule has 3 heteroatoms. The van der Waals surface area contributed by atoms with Gasteiger partial charge in [0, 0.05) is 9.75 Å². The van der Waals surface area contributed by atoms with Crippen molar-refractivity contribution in [3.05, 3.63) is 72.3 Å². The molecule has 0 atom stereocenters. The van der Waals surface area contributed by atoms with Crippen molar-refractivity contribution >= 4 is 17.3 Å². The van der Waals surface area contributed by atoms with Crippen LogP contribution in [0.2, 0.25) is 0 Å². The average Bonchev–Trinajstić information content (AvgIpc) is 2.98. The topological polar surface area (TPSA) is 37.3 Å². The first-order valence-electron chi connectivity index (χ1n) is 6.23. The minimum Gasteiger partial charge on any atom is -0.478 e. The van der Waals surface area contributed by atoms with Crippen LogP contribution in [0.4, 0.5) is 0 Å². The van der Waals surface area contributed by atoms with Crippen molar-refractivity contribution in [1.82, 2.24) is 0 Å². The van der Waals surface area contributed by atoms with Crippen LogP contribution in [0.15, 0.2) is 66.7 Å². The Morgan fingerprint density at radius 2 is 1.30 bits per heavy atom. The van der Waals surface area contributed by atoms with E-state index in [4.69, 9.17) is 5.11 Å². The maximum atomic E-state index is 10.8. The van der Waals surface area contributed by atoms with E-state index in [1.165, 1.54) is 10.4 Å². The van der Waals surface area contributed by atoms with E-state index in [0.29, 0.717) is 5.56 Å². The second-order valence-electron chi connectivity index (χ2n) is 4.41. The largest absolute Gasteiger partial charge is 0.478 e. The van der Waals surface area contributed by atoms with Crippen LogP contribution < -0.4 is 0 Å². The number of carbonyl (C=O) groups is 1. The summed E-state index contributed by atoms with van der Waals surface area (Å²) in [7, 11) is 0. The van der Waals surface area contributed by atoms with Gasteiger partial charge in [0.25, 0.3) is 0 Å². The molecule has 0 unspecified atom stereocenters. The second-order valence-corrected chi connectivity index (χ2v) is 5.50. The molecule has 0 aliphatic rings. The van der Waals surface area contributed by atoms with E-state index in [1.807, 2.05) is 30.3 Å². The first-order valence-corrected chi connectivity index (χ1v) is 7.05. The highest BCUT2D eigenvalue weighted by Crippen LogP contribution is 2.34. The Kier molecular flexibility index (Phi) is 3.35. The zero-order chi connectivity index (χ0) is 13.9. The van der Waals surface area contributed by atoms with Gasteiger partial charge in [-0.3, -0.25) is 0 Å². The van der Waals surface area contributed by atoms with Crippen LogP contribution in [0.25, 0.3) is 20.9 Å². The predicted molar refractivity (Wildman–Crippen MR) is 82.2 cm³/mol. The molecular formula is C17H12O2S. The fourth-order valence-electron chi connectivity index (χ4n) is 2.03. The molecule has 3 rings (SSSR count). The van der Waals surface area contributed by atoms with Gasteiger partial charge in [-0.25, -0.2) is 4.79 Å². The lowest BCUT2D eigenvalue weighted by Crippen LogP contribution is -1.94. The number of hydrogen-bond donors (Lipinski definition) is 1. The fourth-order valence-corrected chi connectivity index (χ4v) is 3.04. The van der Waals surface area contributed by atoms with E-state index in [9.17, 15) is 4.79 Å². The zero-order valence-electron chi connectivity index (χ0n) is 10.6. The molecule has 0 radical (unpaired) electrons. The molecule has 20 heavy (non-hydrogen) atoms. The summed E-state index contributed by atoms with van der Waals surface area (Å²) in [5.74, 6) is -0.896. The molecule has 3 aromatic rings. The Morgan fingerprint density at radius 1 is 0.750 bits per heavy atom. The van der Waals surface area contributed by atoms with Gasteiger partial charge < -0.3 is 5.11 Å². The Bertz CT molecular complexity index is 727. The van der Waals surface area contributed by atoms with Gasteiger partial charge in [-0.05, 0) is 35.4 Å². The van der Waals surface area contributed by atoms with E-state index in [2.05, 4.69) is 24.3 Å². The molecule has 1 heterocycles. The maximum Gasteiger partial charge on any atom is 0.335 e. The lowest BCUT2D eigenvalue weighted by molar-refractivity contribution is 0.0697. The van der Waals surface area contributed by atoms with Crippen LogP contribution in [0.1, 0.15) is 10.4 Å².